The molecule has 1 amide bonds. The SMILES string of the molecule is COc1ccc(NC(=O)c2ccc(-c3ccc(C)cc3Br)o2)c(N)c1. The fraction of sp³-hybridized carbons (Fsp3) is 0.105. The van der Waals surface area contributed by atoms with Gasteiger partial charge in [0.2, 0.25) is 0 Å². The van der Waals surface area contributed by atoms with Crippen LogP contribution < -0.4 is 15.8 Å². The van der Waals surface area contributed by atoms with Gasteiger partial charge in [0.15, 0.2) is 5.76 Å². The van der Waals surface area contributed by atoms with Crippen molar-refractivity contribution in [3.05, 3.63) is 64.3 Å². The molecule has 0 unspecified atom stereocenters. The number of hydrogen-bond acceptors (Lipinski definition) is 4. The van der Waals surface area contributed by atoms with Crippen LogP contribution in [0.5, 0.6) is 5.75 Å². The van der Waals surface area contributed by atoms with Crippen molar-refractivity contribution in [2.24, 2.45) is 0 Å². The number of amides is 1. The van der Waals surface area contributed by atoms with Gasteiger partial charge in [0.1, 0.15) is 11.5 Å². The van der Waals surface area contributed by atoms with Crippen molar-refractivity contribution >= 4 is 33.2 Å². The van der Waals surface area contributed by atoms with Gasteiger partial charge in [-0.25, -0.2) is 0 Å². The smallest absolute Gasteiger partial charge is 0.291 e. The van der Waals surface area contributed by atoms with Crippen LogP contribution in [0, 0.1) is 6.92 Å². The number of furan rings is 1. The van der Waals surface area contributed by atoms with Crippen LogP contribution in [0.4, 0.5) is 11.4 Å². The number of methoxy groups -OCH3 is 1. The molecule has 0 aliphatic carbocycles. The molecule has 128 valence electrons. The monoisotopic (exact) mass is 400 g/mol. The Balaban J connectivity index is 1.81. The number of ether oxygens (including phenoxy) is 1. The molecule has 0 radical (unpaired) electrons. The lowest BCUT2D eigenvalue weighted by Crippen LogP contribution is -2.12. The second-order valence-electron chi connectivity index (χ2n) is 5.55. The van der Waals surface area contributed by atoms with Crippen molar-refractivity contribution in [3.8, 4) is 17.1 Å². The average molecular weight is 401 g/mol. The highest BCUT2D eigenvalue weighted by molar-refractivity contribution is 9.10. The second kappa shape index (κ2) is 7.03. The van der Waals surface area contributed by atoms with Crippen molar-refractivity contribution < 1.29 is 13.9 Å². The summed E-state index contributed by atoms with van der Waals surface area (Å²) in [7, 11) is 1.56. The van der Waals surface area contributed by atoms with Gasteiger partial charge < -0.3 is 20.2 Å². The predicted molar refractivity (Wildman–Crippen MR) is 102 cm³/mol. The normalized spacial score (nSPS) is 10.5. The lowest BCUT2D eigenvalue weighted by atomic mass is 10.1. The number of halogens is 1. The lowest BCUT2D eigenvalue weighted by Gasteiger charge is -2.08. The molecular weight excluding hydrogens is 384 g/mol. The Morgan fingerprint density at radius 1 is 1.16 bits per heavy atom. The maximum Gasteiger partial charge on any atom is 0.291 e. The van der Waals surface area contributed by atoms with E-state index in [1.807, 2.05) is 25.1 Å². The van der Waals surface area contributed by atoms with Crippen molar-refractivity contribution in [2.45, 2.75) is 6.92 Å². The molecule has 0 saturated heterocycles. The maximum absolute atomic E-state index is 12.4. The van der Waals surface area contributed by atoms with Crippen molar-refractivity contribution in [3.63, 3.8) is 0 Å². The van der Waals surface area contributed by atoms with Crippen molar-refractivity contribution in [1.29, 1.82) is 0 Å². The van der Waals surface area contributed by atoms with Crippen molar-refractivity contribution in [1.82, 2.24) is 0 Å². The molecule has 0 bridgehead atoms. The Labute approximate surface area is 153 Å². The average Bonchev–Trinajstić information content (AvgIpc) is 3.06. The molecular formula is C19H17BrN2O3. The first-order valence-corrected chi connectivity index (χ1v) is 8.38. The van der Waals surface area contributed by atoms with Crippen LogP contribution in [0.15, 0.2) is 57.4 Å². The third kappa shape index (κ3) is 3.69. The third-order valence-corrected chi connectivity index (χ3v) is 4.38. The summed E-state index contributed by atoms with van der Waals surface area (Å²) in [5.74, 6) is 1.07. The standard InChI is InChI=1S/C19H17BrN2O3/c1-11-3-5-13(14(20)9-11)17-7-8-18(25-17)19(23)22-16-6-4-12(24-2)10-15(16)21/h3-10H,21H2,1-2H3,(H,22,23). The summed E-state index contributed by atoms with van der Waals surface area (Å²) in [5.41, 5.74) is 8.86. The Bertz CT molecular complexity index is 934. The number of nitrogens with two attached hydrogens (primary N) is 1. The van der Waals surface area contributed by atoms with E-state index in [9.17, 15) is 4.79 Å². The van der Waals surface area contributed by atoms with Gasteiger partial charge in [0.25, 0.3) is 5.91 Å². The molecule has 0 saturated carbocycles. The molecule has 25 heavy (non-hydrogen) atoms. The van der Waals surface area contributed by atoms with E-state index in [1.54, 1.807) is 37.4 Å². The zero-order valence-electron chi connectivity index (χ0n) is 13.8. The van der Waals surface area contributed by atoms with Gasteiger partial charge in [-0.1, -0.05) is 22.0 Å². The first-order chi connectivity index (χ1) is 12.0. The molecule has 6 heteroatoms. The highest BCUT2D eigenvalue weighted by Crippen LogP contribution is 2.31. The molecule has 2 aromatic carbocycles. The Morgan fingerprint density at radius 3 is 2.64 bits per heavy atom. The molecule has 1 aromatic heterocycles. The summed E-state index contributed by atoms with van der Waals surface area (Å²) >= 11 is 3.52. The second-order valence-corrected chi connectivity index (χ2v) is 6.41. The number of nitrogens with one attached hydrogen (secondary N) is 1. The number of aryl methyl sites for hydroxylation is 1. The van der Waals surface area contributed by atoms with Crippen LogP contribution in [0.2, 0.25) is 0 Å². The van der Waals surface area contributed by atoms with E-state index in [4.69, 9.17) is 14.9 Å². The van der Waals surface area contributed by atoms with E-state index in [1.165, 1.54) is 0 Å². The molecule has 0 fully saturated rings. The number of nitrogen functional groups attached to an aromatic ring is 1. The van der Waals surface area contributed by atoms with E-state index in [2.05, 4.69) is 21.2 Å². The summed E-state index contributed by atoms with van der Waals surface area (Å²) in [6, 6.07) is 14.4. The fourth-order valence-corrected chi connectivity index (χ4v) is 3.08. The fourth-order valence-electron chi connectivity index (χ4n) is 2.39. The summed E-state index contributed by atoms with van der Waals surface area (Å²) in [6.07, 6.45) is 0. The lowest BCUT2D eigenvalue weighted by molar-refractivity contribution is 0.0997. The summed E-state index contributed by atoms with van der Waals surface area (Å²) in [4.78, 5) is 12.4. The molecule has 0 aliphatic heterocycles. The minimum absolute atomic E-state index is 0.206. The summed E-state index contributed by atoms with van der Waals surface area (Å²) < 4.78 is 11.7. The number of hydrogen-bond donors (Lipinski definition) is 2. The Morgan fingerprint density at radius 2 is 1.96 bits per heavy atom. The van der Waals surface area contributed by atoms with Gasteiger partial charge in [-0.2, -0.15) is 0 Å². The van der Waals surface area contributed by atoms with Crippen molar-refractivity contribution in [2.75, 3.05) is 18.2 Å². The molecule has 3 N–H and O–H groups in total. The zero-order valence-corrected chi connectivity index (χ0v) is 15.4. The third-order valence-electron chi connectivity index (χ3n) is 3.73. The molecule has 3 aromatic rings. The van der Waals surface area contributed by atoms with Crippen LogP contribution in [0.25, 0.3) is 11.3 Å². The van der Waals surface area contributed by atoms with Gasteiger partial charge in [-0.15, -0.1) is 0 Å². The predicted octanol–water partition coefficient (Wildman–Crippen LogP) is 4.86. The van der Waals surface area contributed by atoms with Gasteiger partial charge >= 0.3 is 0 Å². The largest absolute Gasteiger partial charge is 0.497 e. The molecule has 5 nitrogen and oxygen atoms in total. The van der Waals surface area contributed by atoms with E-state index in [-0.39, 0.29) is 11.7 Å². The summed E-state index contributed by atoms with van der Waals surface area (Å²) in [6.45, 7) is 2.01. The first-order valence-electron chi connectivity index (χ1n) is 7.59. The quantitative estimate of drug-likeness (QED) is 0.612. The van der Waals surface area contributed by atoms with Gasteiger partial charge in [0, 0.05) is 16.1 Å². The number of anilines is 2. The van der Waals surface area contributed by atoms with Crippen LogP contribution >= 0.6 is 15.9 Å². The maximum atomic E-state index is 12.4. The first kappa shape index (κ1) is 17.1. The number of benzene rings is 2. The molecule has 1 heterocycles. The molecule has 0 atom stereocenters. The van der Waals surface area contributed by atoms with E-state index < -0.39 is 0 Å². The van der Waals surface area contributed by atoms with Gasteiger partial charge in [-0.05, 0) is 48.9 Å². The zero-order chi connectivity index (χ0) is 18.0. The van der Waals surface area contributed by atoms with Gasteiger partial charge in [-0.3, -0.25) is 4.79 Å². The van der Waals surface area contributed by atoms with Crippen LogP contribution in [-0.2, 0) is 0 Å². The van der Waals surface area contributed by atoms with E-state index in [0.29, 0.717) is 22.9 Å². The van der Waals surface area contributed by atoms with Crippen LogP contribution in [0.3, 0.4) is 0 Å². The van der Waals surface area contributed by atoms with Crippen LogP contribution in [-0.4, -0.2) is 13.0 Å². The van der Waals surface area contributed by atoms with E-state index in [0.717, 1.165) is 15.6 Å². The molecule has 3 rings (SSSR count). The summed E-state index contributed by atoms with van der Waals surface area (Å²) in [5, 5.41) is 2.74. The van der Waals surface area contributed by atoms with E-state index >= 15 is 0 Å². The number of carbonyl (C=O) groups excluding carboxylic acids is 1. The minimum atomic E-state index is -0.369. The number of carbonyl (C=O) groups is 1. The highest BCUT2D eigenvalue weighted by atomic mass is 79.9. The van der Waals surface area contributed by atoms with Crippen LogP contribution in [0.1, 0.15) is 16.1 Å². The topological polar surface area (TPSA) is 77.5 Å². The number of rotatable bonds is 4. The van der Waals surface area contributed by atoms with Gasteiger partial charge in [0.05, 0.1) is 18.5 Å². The Hall–Kier alpha value is -2.73. The molecule has 0 aliphatic rings. The Kier molecular flexibility index (Phi) is 4.81. The highest BCUT2D eigenvalue weighted by Gasteiger charge is 2.15. The molecule has 0 spiro atoms. The minimum Gasteiger partial charge on any atom is -0.497 e.